The number of fused-ring (bicyclic) bond motifs is 2. The van der Waals surface area contributed by atoms with Crippen LogP contribution in [0.4, 0.5) is 0 Å². The lowest BCUT2D eigenvalue weighted by Gasteiger charge is -2.39. The molecule has 0 saturated heterocycles. The number of nitrogens with one attached hydrogen (secondary N) is 2. The number of aromatic amines is 1. The van der Waals surface area contributed by atoms with Crippen molar-refractivity contribution in [3.05, 3.63) is 41.6 Å². The van der Waals surface area contributed by atoms with E-state index in [2.05, 4.69) is 59.6 Å². The zero-order valence-corrected chi connectivity index (χ0v) is 15.1. The number of unbranched alkanes of at least 4 members (excludes halogenated alkanes) is 2. The molecule has 2 aliphatic rings. The molecule has 25 heavy (non-hydrogen) atoms. The van der Waals surface area contributed by atoms with Crippen molar-refractivity contribution in [2.45, 2.75) is 38.6 Å². The van der Waals surface area contributed by atoms with E-state index in [0.29, 0.717) is 6.04 Å². The first-order valence-electron chi connectivity index (χ1n) is 9.48. The molecule has 0 radical (unpaired) electrons. The summed E-state index contributed by atoms with van der Waals surface area (Å²) in [7, 11) is 2.15. The molecule has 1 aromatic heterocycles. The fourth-order valence-corrected chi connectivity index (χ4v) is 4.33. The molecule has 4 nitrogen and oxygen atoms in total. The normalized spacial score (nSPS) is 22.6. The third-order valence-electron chi connectivity index (χ3n) is 5.68. The molecule has 0 spiro atoms. The van der Waals surface area contributed by atoms with Crippen LogP contribution in [0, 0.1) is 5.92 Å². The Hall–Kier alpha value is -2.07. The molecule has 4 rings (SSSR count). The maximum atomic E-state index is 12.6. The molecule has 1 amide bonds. The second-order valence-electron chi connectivity index (χ2n) is 7.43. The van der Waals surface area contributed by atoms with Crippen molar-refractivity contribution in [1.29, 1.82) is 0 Å². The highest BCUT2D eigenvalue weighted by molar-refractivity contribution is 5.99. The van der Waals surface area contributed by atoms with Crippen molar-refractivity contribution in [2.75, 3.05) is 20.1 Å². The van der Waals surface area contributed by atoms with Gasteiger partial charge in [-0.2, -0.15) is 0 Å². The van der Waals surface area contributed by atoms with Crippen LogP contribution in [0.2, 0.25) is 0 Å². The van der Waals surface area contributed by atoms with E-state index in [1.165, 1.54) is 40.4 Å². The summed E-state index contributed by atoms with van der Waals surface area (Å²) >= 11 is 0. The Labute approximate surface area is 149 Å². The summed E-state index contributed by atoms with van der Waals surface area (Å²) in [5.74, 6) is 0.106. The van der Waals surface area contributed by atoms with Gasteiger partial charge in [-0.05, 0) is 42.7 Å². The summed E-state index contributed by atoms with van der Waals surface area (Å²) in [4.78, 5) is 18.4. The fourth-order valence-electron chi connectivity index (χ4n) is 4.33. The van der Waals surface area contributed by atoms with E-state index in [0.717, 1.165) is 25.9 Å². The van der Waals surface area contributed by atoms with Crippen LogP contribution in [0.5, 0.6) is 0 Å². The number of benzene rings is 1. The number of likely N-dealkylation sites (N-methyl/N-ethyl adjacent to an activating group) is 1. The summed E-state index contributed by atoms with van der Waals surface area (Å²) in [6.45, 7) is 3.77. The highest BCUT2D eigenvalue weighted by Gasteiger charge is 2.35. The highest BCUT2D eigenvalue weighted by Crippen LogP contribution is 2.40. The van der Waals surface area contributed by atoms with Crippen LogP contribution >= 0.6 is 0 Å². The first-order chi connectivity index (χ1) is 12.2. The van der Waals surface area contributed by atoms with E-state index in [9.17, 15) is 4.79 Å². The van der Waals surface area contributed by atoms with E-state index in [-0.39, 0.29) is 11.8 Å². The van der Waals surface area contributed by atoms with Gasteiger partial charge in [-0.25, -0.2) is 0 Å². The van der Waals surface area contributed by atoms with Crippen molar-refractivity contribution in [1.82, 2.24) is 15.2 Å². The number of carbonyl (C=O) groups excluding carboxylic acids is 1. The van der Waals surface area contributed by atoms with Gasteiger partial charge in [0.15, 0.2) is 0 Å². The minimum atomic E-state index is -0.0615. The molecule has 2 N–H and O–H groups in total. The van der Waals surface area contributed by atoms with Crippen LogP contribution in [-0.4, -0.2) is 42.0 Å². The van der Waals surface area contributed by atoms with Gasteiger partial charge < -0.3 is 10.3 Å². The van der Waals surface area contributed by atoms with Crippen molar-refractivity contribution < 1.29 is 4.79 Å². The summed E-state index contributed by atoms with van der Waals surface area (Å²) in [5.41, 5.74) is 5.20. The quantitative estimate of drug-likeness (QED) is 0.822. The zero-order valence-electron chi connectivity index (χ0n) is 15.1. The third kappa shape index (κ3) is 2.89. The minimum Gasteiger partial charge on any atom is -0.361 e. The first-order valence-corrected chi connectivity index (χ1v) is 9.48. The topological polar surface area (TPSA) is 48.1 Å². The van der Waals surface area contributed by atoms with Crippen LogP contribution in [0.25, 0.3) is 16.5 Å². The third-order valence-corrected chi connectivity index (χ3v) is 5.68. The number of hydrogen-bond acceptors (Lipinski definition) is 2. The van der Waals surface area contributed by atoms with Gasteiger partial charge in [0.1, 0.15) is 0 Å². The van der Waals surface area contributed by atoms with E-state index in [1.807, 2.05) is 0 Å². The summed E-state index contributed by atoms with van der Waals surface area (Å²) in [6.07, 6.45) is 8.80. The largest absolute Gasteiger partial charge is 0.361 e. The van der Waals surface area contributed by atoms with Gasteiger partial charge in [-0.3, -0.25) is 9.69 Å². The van der Waals surface area contributed by atoms with Gasteiger partial charge in [0.05, 0.1) is 5.92 Å². The molecule has 1 aliphatic carbocycles. The van der Waals surface area contributed by atoms with Gasteiger partial charge in [-0.15, -0.1) is 0 Å². The molecule has 2 unspecified atom stereocenters. The summed E-state index contributed by atoms with van der Waals surface area (Å²) in [6, 6.07) is 6.81. The Morgan fingerprint density at radius 3 is 3.08 bits per heavy atom. The molecule has 2 atom stereocenters. The Bertz CT molecular complexity index is 820. The lowest BCUT2D eigenvalue weighted by molar-refractivity contribution is -0.124. The van der Waals surface area contributed by atoms with E-state index >= 15 is 0 Å². The second-order valence-corrected chi connectivity index (χ2v) is 7.43. The number of nitrogens with zero attached hydrogens (tertiary/aromatic N) is 1. The molecule has 2 aromatic rings. The lowest BCUT2D eigenvalue weighted by Crippen LogP contribution is -2.46. The molecular weight excluding hydrogens is 310 g/mol. The van der Waals surface area contributed by atoms with Crippen LogP contribution in [0.3, 0.4) is 0 Å². The number of amides is 1. The second kappa shape index (κ2) is 6.68. The fraction of sp³-hybridized carbons (Fsp3) is 0.476. The van der Waals surface area contributed by atoms with E-state index in [4.69, 9.17) is 0 Å². The Morgan fingerprint density at radius 2 is 2.24 bits per heavy atom. The molecule has 132 valence electrons. The lowest BCUT2D eigenvalue weighted by atomic mass is 9.80. The van der Waals surface area contributed by atoms with Gasteiger partial charge >= 0.3 is 0 Å². The minimum absolute atomic E-state index is 0.0615. The average molecular weight is 337 g/mol. The van der Waals surface area contributed by atoms with E-state index < -0.39 is 0 Å². The molecule has 0 saturated carbocycles. The molecule has 0 fully saturated rings. The first kappa shape index (κ1) is 16.4. The Morgan fingerprint density at radius 1 is 1.36 bits per heavy atom. The molecule has 0 bridgehead atoms. The zero-order chi connectivity index (χ0) is 17.4. The van der Waals surface area contributed by atoms with E-state index in [1.54, 1.807) is 0 Å². The standard InChI is InChI=1S/C21H27N3O/c1-3-4-5-9-22-21(25)15-10-17-16-7-6-8-18-20(16)14(12-23-18)11-19(17)24(2)13-15/h6-8,10,12,15,19,23H,3-5,9,11,13H2,1-2H3,(H,22,25). The van der Waals surface area contributed by atoms with Crippen molar-refractivity contribution >= 4 is 22.4 Å². The summed E-state index contributed by atoms with van der Waals surface area (Å²) in [5, 5.41) is 4.46. The Balaban J connectivity index is 1.62. The maximum absolute atomic E-state index is 12.6. The van der Waals surface area contributed by atoms with Crippen LogP contribution < -0.4 is 5.32 Å². The molecule has 1 aromatic carbocycles. The molecular formula is C21H27N3O. The van der Waals surface area contributed by atoms with Gasteiger partial charge in [0.2, 0.25) is 5.91 Å². The molecule has 1 aliphatic heterocycles. The van der Waals surface area contributed by atoms with Crippen molar-refractivity contribution in [3.63, 3.8) is 0 Å². The van der Waals surface area contributed by atoms with Crippen molar-refractivity contribution in [2.24, 2.45) is 5.92 Å². The van der Waals surface area contributed by atoms with Gasteiger partial charge in [0.25, 0.3) is 0 Å². The predicted molar refractivity (Wildman–Crippen MR) is 102 cm³/mol. The van der Waals surface area contributed by atoms with Crippen LogP contribution in [0.15, 0.2) is 30.5 Å². The maximum Gasteiger partial charge on any atom is 0.228 e. The van der Waals surface area contributed by atoms with Crippen LogP contribution in [0.1, 0.15) is 37.3 Å². The van der Waals surface area contributed by atoms with Gasteiger partial charge in [0, 0.05) is 36.2 Å². The van der Waals surface area contributed by atoms with Crippen LogP contribution in [-0.2, 0) is 11.2 Å². The molecule has 4 heteroatoms. The predicted octanol–water partition coefficient (Wildman–Crippen LogP) is 3.34. The number of aromatic nitrogens is 1. The number of carbonyl (C=O) groups is 1. The van der Waals surface area contributed by atoms with Gasteiger partial charge in [-0.1, -0.05) is 38.0 Å². The Kier molecular flexibility index (Phi) is 4.38. The monoisotopic (exact) mass is 337 g/mol. The number of rotatable bonds is 5. The smallest absolute Gasteiger partial charge is 0.228 e. The SMILES string of the molecule is CCCCCNC(=O)C1C=C2c3cccc4[nH]cc(c34)CC2N(C)C1. The number of hydrogen-bond donors (Lipinski definition) is 2. The molecule has 2 heterocycles. The van der Waals surface area contributed by atoms with Crippen molar-refractivity contribution in [3.8, 4) is 0 Å². The summed E-state index contributed by atoms with van der Waals surface area (Å²) < 4.78 is 0. The number of H-pyrrole nitrogens is 1. The highest BCUT2D eigenvalue weighted by atomic mass is 16.1. The average Bonchev–Trinajstić information content (AvgIpc) is 3.04.